The predicted molar refractivity (Wildman–Crippen MR) is 78.8 cm³/mol. The summed E-state index contributed by atoms with van der Waals surface area (Å²) < 4.78 is 6.73. The van der Waals surface area contributed by atoms with E-state index in [4.69, 9.17) is 4.74 Å². The van der Waals surface area contributed by atoms with E-state index in [1.165, 1.54) is 0 Å². The van der Waals surface area contributed by atoms with E-state index in [0.717, 1.165) is 29.0 Å². The molecule has 1 rings (SSSR count). The minimum Gasteiger partial charge on any atom is -0.477 e. The second-order valence-corrected chi connectivity index (χ2v) is 6.26. The Morgan fingerprint density at radius 3 is 2.61 bits per heavy atom. The molecule has 0 atom stereocenters. The summed E-state index contributed by atoms with van der Waals surface area (Å²) >= 11 is 3.45. The molecule has 102 valence electrons. The zero-order valence-electron chi connectivity index (χ0n) is 11.7. The number of pyridine rings is 1. The lowest BCUT2D eigenvalue weighted by Crippen LogP contribution is -2.20. The highest BCUT2D eigenvalue weighted by atomic mass is 79.9. The lowest BCUT2D eigenvalue weighted by molar-refractivity contribution is 0.258. The molecule has 1 heterocycles. The number of nitrogens with zero attached hydrogens (tertiary/aromatic N) is 1. The molecule has 0 amide bonds. The standard InChI is InChI=1S/C14H23BrN2O/c1-10(2)6-16-7-12-5-13(15)8-17-14(12)18-9-11(3)4/h5,8,10-11,16H,6-7,9H2,1-4H3. The van der Waals surface area contributed by atoms with Crippen LogP contribution in [0.1, 0.15) is 33.3 Å². The van der Waals surface area contributed by atoms with Crippen molar-refractivity contribution < 1.29 is 4.74 Å². The van der Waals surface area contributed by atoms with Gasteiger partial charge < -0.3 is 10.1 Å². The molecule has 0 spiro atoms. The van der Waals surface area contributed by atoms with Crippen LogP contribution in [0, 0.1) is 11.8 Å². The Morgan fingerprint density at radius 2 is 2.00 bits per heavy atom. The fourth-order valence-electron chi connectivity index (χ4n) is 1.47. The van der Waals surface area contributed by atoms with Crippen LogP contribution in [0.15, 0.2) is 16.7 Å². The Labute approximate surface area is 118 Å². The molecule has 0 aromatic carbocycles. The highest BCUT2D eigenvalue weighted by molar-refractivity contribution is 9.10. The fourth-order valence-corrected chi connectivity index (χ4v) is 1.85. The molecule has 1 aromatic rings. The number of halogens is 1. The summed E-state index contributed by atoms with van der Waals surface area (Å²) in [4.78, 5) is 4.34. The third-order valence-corrected chi connectivity index (χ3v) is 2.75. The average Bonchev–Trinajstić information content (AvgIpc) is 2.27. The van der Waals surface area contributed by atoms with Gasteiger partial charge in [0.15, 0.2) is 0 Å². The lowest BCUT2D eigenvalue weighted by atomic mass is 10.2. The van der Waals surface area contributed by atoms with Crippen LogP contribution < -0.4 is 10.1 Å². The van der Waals surface area contributed by atoms with Gasteiger partial charge in [0.2, 0.25) is 5.88 Å². The molecule has 0 bridgehead atoms. The summed E-state index contributed by atoms with van der Waals surface area (Å²) in [5.41, 5.74) is 1.10. The third-order valence-electron chi connectivity index (χ3n) is 2.31. The third kappa shape index (κ3) is 5.83. The van der Waals surface area contributed by atoms with E-state index in [2.05, 4.69) is 60.0 Å². The van der Waals surface area contributed by atoms with Gasteiger partial charge in [0.25, 0.3) is 0 Å². The van der Waals surface area contributed by atoms with E-state index in [1.807, 2.05) is 0 Å². The number of rotatable bonds is 7. The zero-order chi connectivity index (χ0) is 13.5. The normalized spacial score (nSPS) is 11.3. The van der Waals surface area contributed by atoms with Crippen LogP contribution in [-0.4, -0.2) is 18.1 Å². The summed E-state index contributed by atoms with van der Waals surface area (Å²) in [6, 6.07) is 2.07. The molecule has 3 nitrogen and oxygen atoms in total. The van der Waals surface area contributed by atoms with Gasteiger partial charge in [-0.05, 0) is 40.4 Å². The number of hydrogen-bond donors (Lipinski definition) is 1. The number of nitrogens with one attached hydrogen (secondary N) is 1. The van der Waals surface area contributed by atoms with Gasteiger partial charge in [0.05, 0.1) is 6.61 Å². The summed E-state index contributed by atoms with van der Waals surface area (Å²) in [7, 11) is 0. The van der Waals surface area contributed by atoms with Crippen molar-refractivity contribution in [3.63, 3.8) is 0 Å². The van der Waals surface area contributed by atoms with Crippen LogP contribution in [0.2, 0.25) is 0 Å². The SMILES string of the molecule is CC(C)CNCc1cc(Br)cnc1OCC(C)C. The smallest absolute Gasteiger partial charge is 0.217 e. The van der Waals surface area contributed by atoms with Gasteiger partial charge in [-0.15, -0.1) is 0 Å². The van der Waals surface area contributed by atoms with Crippen molar-refractivity contribution in [1.29, 1.82) is 0 Å². The van der Waals surface area contributed by atoms with Gasteiger partial charge in [-0.3, -0.25) is 0 Å². The molecular formula is C14H23BrN2O. The van der Waals surface area contributed by atoms with E-state index in [1.54, 1.807) is 6.20 Å². The number of aromatic nitrogens is 1. The van der Waals surface area contributed by atoms with Crippen molar-refractivity contribution in [3.8, 4) is 5.88 Å². The maximum Gasteiger partial charge on any atom is 0.217 e. The van der Waals surface area contributed by atoms with Crippen molar-refractivity contribution in [3.05, 3.63) is 22.3 Å². The number of ether oxygens (including phenoxy) is 1. The van der Waals surface area contributed by atoms with Crippen molar-refractivity contribution in [2.45, 2.75) is 34.2 Å². The minimum absolute atomic E-state index is 0.506. The molecule has 0 aliphatic rings. The van der Waals surface area contributed by atoms with Crippen LogP contribution >= 0.6 is 15.9 Å². The summed E-state index contributed by atoms with van der Waals surface area (Å²) in [5, 5.41) is 3.42. The number of hydrogen-bond acceptors (Lipinski definition) is 3. The molecule has 0 fully saturated rings. The van der Waals surface area contributed by atoms with E-state index < -0.39 is 0 Å². The quantitative estimate of drug-likeness (QED) is 0.834. The topological polar surface area (TPSA) is 34.2 Å². The average molecular weight is 315 g/mol. The van der Waals surface area contributed by atoms with E-state index in [9.17, 15) is 0 Å². The molecule has 0 saturated carbocycles. The van der Waals surface area contributed by atoms with Crippen molar-refractivity contribution in [2.75, 3.05) is 13.2 Å². The Kier molecular flexibility index (Phi) is 6.65. The molecule has 1 aromatic heterocycles. The molecule has 4 heteroatoms. The monoisotopic (exact) mass is 314 g/mol. The van der Waals surface area contributed by atoms with Crippen LogP contribution in [0.25, 0.3) is 0 Å². The molecule has 0 aliphatic carbocycles. The summed E-state index contributed by atoms with van der Waals surface area (Å²) in [6.45, 7) is 11.1. The molecule has 18 heavy (non-hydrogen) atoms. The van der Waals surface area contributed by atoms with E-state index in [0.29, 0.717) is 18.4 Å². The summed E-state index contributed by atoms with van der Waals surface area (Å²) in [6.07, 6.45) is 1.78. The van der Waals surface area contributed by atoms with Gasteiger partial charge in [-0.2, -0.15) is 0 Å². The van der Waals surface area contributed by atoms with E-state index in [-0.39, 0.29) is 0 Å². The van der Waals surface area contributed by atoms with Crippen LogP contribution in [-0.2, 0) is 6.54 Å². The highest BCUT2D eigenvalue weighted by Gasteiger charge is 2.07. The van der Waals surface area contributed by atoms with Gasteiger partial charge >= 0.3 is 0 Å². The van der Waals surface area contributed by atoms with Crippen molar-refractivity contribution in [2.24, 2.45) is 11.8 Å². The van der Waals surface area contributed by atoms with E-state index >= 15 is 0 Å². The second-order valence-electron chi connectivity index (χ2n) is 5.35. The van der Waals surface area contributed by atoms with Gasteiger partial charge in [0.1, 0.15) is 0 Å². The molecule has 0 unspecified atom stereocenters. The lowest BCUT2D eigenvalue weighted by Gasteiger charge is -2.13. The Balaban J connectivity index is 2.64. The largest absolute Gasteiger partial charge is 0.477 e. The predicted octanol–water partition coefficient (Wildman–Crippen LogP) is 3.62. The zero-order valence-corrected chi connectivity index (χ0v) is 13.3. The summed E-state index contributed by atoms with van der Waals surface area (Å²) in [5.74, 6) is 1.89. The molecular weight excluding hydrogens is 292 g/mol. The van der Waals surface area contributed by atoms with Crippen molar-refractivity contribution >= 4 is 15.9 Å². The molecule has 0 radical (unpaired) electrons. The maximum absolute atomic E-state index is 5.74. The first-order chi connectivity index (χ1) is 8.49. The van der Waals surface area contributed by atoms with Crippen LogP contribution in [0.3, 0.4) is 0 Å². The highest BCUT2D eigenvalue weighted by Crippen LogP contribution is 2.20. The first-order valence-electron chi connectivity index (χ1n) is 6.47. The first-order valence-corrected chi connectivity index (χ1v) is 7.26. The van der Waals surface area contributed by atoms with Gasteiger partial charge in [-0.1, -0.05) is 27.7 Å². The molecule has 0 saturated heterocycles. The molecule has 1 N–H and O–H groups in total. The van der Waals surface area contributed by atoms with Crippen molar-refractivity contribution in [1.82, 2.24) is 10.3 Å². The Morgan fingerprint density at radius 1 is 1.28 bits per heavy atom. The fraction of sp³-hybridized carbons (Fsp3) is 0.643. The minimum atomic E-state index is 0.506. The Bertz CT molecular complexity index is 367. The Hall–Kier alpha value is -0.610. The van der Waals surface area contributed by atoms with Gasteiger partial charge in [-0.25, -0.2) is 4.98 Å². The van der Waals surface area contributed by atoms with Crippen LogP contribution in [0.5, 0.6) is 5.88 Å². The second kappa shape index (κ2) is 7.74. The maximum atomic E-state index is 5.74. The molecule has 0 aliphatic heterocycles. The van der Waals surface area contributed by atoms with Gasteiger partial charge in [0, 0.05) is 22.8 Å². The van der Waals surface area contributed by atoms with Crippen LogP contribution in [0.4, 0.5) is 0 Å². The first kappa shape index (κ1) is 15.4.